The maximum atomic E-state index is 12.3. The molecule has 1 aromatic carbocycles. The lowest BCUT2D eigenvalue weighted by atomic mass is 9.99. The van der Waals surface area contributed by atoms with Crippen molar-refractivity contribution in [3.05, 3.63) is 30.3 Å². The Morgan fingerprint density at radius 3 is 2.64 bits per heavy atom. The van der Waals surface area contributed by atoms with E-state index in [2.05, 4.69) is 20.8 Å². The molecule has 1 aromatic heterocycles. The molecule has 130 valence electrons. The number of hydrogen-bond acceptors (Lipinski definition) is 6. The van der Waals surface area contributed by atoms with E-state index in [1.54, 1.807) is 13.8 Å². The maximum Gasteiger partial charge on any atom is 0.325 e. The molecule has 1 aliphatic rings. The summed E-state index contributed by atoms with van der Waals surface area (Å²) in [5.74, 6) is -0.906. The molecule has 0 saturated carbocycles. The van der Waals surface area contributed by atoms with Gasteiger partial charge in [-0.05, 0) is 13.3 Å². The first kappa shape index (κ1) is 17.0. The molecule has 2 heterocycles. The van der Waals surface area contributed by atoms with Gasteiger partial charge in [-0.1, -0.05) is 48.6 Å². The van der Waals surface area contributed by atoms with Crippen molar-refractivity contribution < 1.29 is 14.4 Å². The van der Waals surface area contributed by atoms with Gasteiger partial charge in [-0.2, -0.15) is 0 Å². The minimum absolute atomic E-state index is 0.314. The van der Waals surface area contributed by atoms with Gasteiger partial charge >= 0.3 is 6.03 Å². The molecule has 2 N–H and O–H groups in total. The monoisotopic (exact) mass is 359 g/mol. The number of hydrogen-bond donors (Lipinski definition) is 2. The molecule has 2 aromatic rings. The summed E-state index contributed by atoms with van der Waals surface area (Å²) in [4.78, 5) is 37.3. The van der Waals surface area contributed by atoms with Gasteiger partial charge in [-0.3, -0.25) is 19.8 Å². The highest BCUT2D eigenvalue weighted by atomic mass is 32.1. The van der Waals surface area contributed by atoms with Crippen molar-refractivity contribution in [2.24, 2.45) is 0 Å². The number of urea groups is 1. The summed E-state index contributed by atoms with van der Waals surface area (Å²) in [7, 11) is 0. The second-order valence-corrected chi connectivity index (χ2v) is 6.81. The third-order valence-electron chi connectivity index (χ3n) is 4.05. The quantitative estimate of drug-likeness (QED) is 0.793. The second-order valence-electron chi connectivity index (χ2n) is 5.83. The number of imide groups is 1. The summed E-state index contributed by atoms with van der Waals surface area (Å²) in [6.45, 7) is 3.08. The van der Waals surface area contributed by atoms with Gasteiger partial charge in [0.15, 0.2) is 0 Å². The van der Waals surface area contributed by atoms with Crippen LogP contribution in [0.25, 0.3) is 10.6 Å². The SMILES string of the molecule is CCC1(C)NC(=O)N(CC(=O)Nc2nnc(-c3ccccc3)s2)C1=O. The summed E-state index contributed by atoms with van der Waals surface area (Å²) in [6.07, 6.45) is 0.451. The van der Waals surface area contributed by atoms with E-state index >= 15 is 0 Å². The van der Waals surface area contributed by atoms with Gasteiger partial charge in [0.1, 0.15) is 17.1 Å². The van der Waals surface area contributed by atoms with Crippen LogP contribution >= 0.6 is 11.3 Å². The molecule has 1 saturated heterocycles. The van der Waals surface area contributed by atoms with Crippen molar-refractivity contribution in [1.82, 2.24) is 20.4 Å². The standard InChI is InChI=1S/C16H17N5O3S/c1-3-16(2)13(23)21(15(24)18-16)9-11(22)17-14-20-19-12(25-14)10-7-5-4-6-8-10/h4-8H,3,9H2,1-2H3,(H,18,24)(H,17,20,22). The van der Waals surface area contributed by atoms with Crippen LogP contribution in [0.5, 0.6) is 0 Å². The largest absolute Gasteiger partial charge is 0.325 e. The lowest BCUT2D eigenvalue weighted by Crippen LogP contribution is -2.44. The average Bonchev–Trinajstić information content (AvgIpc) is 3.15. The third-order valence-corrected chi connectivity index (χ3v) is 4.93. The van der Waals surface area contributed by atoms with Crippen molar-refractivity contribution in [2.75, 3.05) is 11.9 Å². The molecule has 0 radical (unpaired) electrons. The fraction of sp³-hybridized carbons (Fsp3) is 0.312. The molecule has 3 rings (SSSR count). The van der Waals surface area contributed by atoms with Gasteiger partial charge in [-0.25, -0.2) is 4.79 Å². The Hall–Kier alpha value is -2.81. The van der Waals surface area contributed by atoms with Crippen LogP contribution in [0.15, 0.2) is 30.3 Å². The maximum absolute atomic E-state index is 12.3. The molecule has 1 aliphatic heterocycles. The van der Waals surface area contributed by atoms with Crippen molar-refractivity contribution in [1.29, 1.82) is 0 Å². The van der Waals surface area contributed by atoms with Gasteiger partial charge in [0.25, 0.3) is 5.91 Å². The van der Waals surface area contributed by atoms with Crippen LogP contribution in [-0.4, -0.2) is 45.0 Å². The number of benzene rings is 1. The minimum Gasteiger partial charge on any atom is -0.323 e. The number of amides is 4. The van der Waals surface area contributed by atoms with E-state index < -0.39 is 23.4 Å². The van der Waals surface area contributed by atoms with E-state index in [1.165, 1.54) is 11.3 Å². The summed E-state index contributed by atoms with van der Waals surface area (Å²) in [5, 5.41) is 14.1. The Morgan fingerprint density at radius 2 is 2.00 bits per heavy atom. The molecule has 0 spiro atoms. The number of nitrogens with one attached hydrogen (secondary N) is 2. The second kappa shape index (κ2) is 6.60. The number of nitrogens with zero attached hydrogens (tertiary/aromatic N) is 3. The van der Waals surface area contributed by atoms with Crippen molar-refractivity contribution in [3.8, 4) is 10.6 Å². The molecule has 1 atom stereocenters. The predicted octanol–water partition coefficient (Wildman–Crippen LogP) is 1.86. The molecule has 1 unspecified atom stereocenters. The number of carbonyl (C=O) groups is 3. The van der Waals surface area contributed by atoms with Gasteiger partial charge in [0, 0.05) is 5.56 Å². The van der Waals surface area contributed by atoms with E-state index in [-0.39, 0.29) is 6.54 Å². The molecular weight excluding hydrogens is 342 g/mol. The molecular formula is C16H17N5O3S. The Labute approximate surface area is 148 Å². The van der Waals surface area contributed by atoms with Crippen LogP contribution in [0.1, 0.15) is 20.3 Å². The average molecular weight is 359 g/mol. The van der Waals surface area contributed by atoms with Gasteiger partial charge < -0.3 is 5.32 Å². The third kappa shape index (κ3) is 3.36. The molecule has 8 nitrogen and oxygen atoms in total. The van der Waals surface area contributed by atoms with Crippen LogP contribution < -0.4 is 10.6 Å². The first-order valence-electron chi connectivity index (χ1n) is 7.76. The molecule has 25 heavy (non-hydrogen) atoms. The zero-order valence-corrected chi connectivity index (χ0v) is 14.6. The Balaban J connectivity index is 1.65. The topological polar surface area (TPSA) is 104 Å². The number of aromatic nitrogens is 2. The molecule has 4 amide bonds. The predicted molar refractivity (Wildman–Crippen MR) is 92.9 cm³/mol. The van der Waals surface area contributed by atoms with Crippen molar-refractivity contribution in [2.45, 2.75) is 25.8 Å². The van der Waals surface area contributed by atoms with Crippen LogP contribution in [0.4, 0.5) is 9.93 Å². The first-order valence-corrected chi connectivity index (χ1v) is 8.57. The van der Waals surface area contributed by atoms with E-state index in [0.717, 1.165) is 10.5 Å². The van der Waals surface area contributed by atoms with Gasteiger partial charge in [0.2, 0.25) is 11.0 Å². The number of anilines is 1. The summed E-state index contributed by atoms with van der Waals surface area (Å²) < 4.78 is 0. The van der Waals surface area contributed by atoms with E-state index in [9.17, 15) is 14.4 Å². The fourth-order valence-electron chi connectivity index (χ4n) is 2.40. The highest BCUT2D eigenvalue weighted by Gasteiger charge is 2.47. The Kier molecular flexibility index (Phi) is 4.49. The highest BCUT2D eigenvalue weighted by molar-refractivity contribution is 7.18. The molecule has 9 heteroatoms. The van der Waals surface area contributed by atoms with Crippen molar-refractivity contribution in [3.63, 3.8) is 0 Å². The van der Waals surface area contributed by atoms with E-state index in [4.69, 9.17) is 0 Å². The Bertz CT molecular complexity index is 822. The number of rotatable bonds is 5. The van der Waals surface area contributed by atoms with Gasteiger partial charge in [-0.15, -0.1) is 10.2 Å². The zero-order valence-electron chi connectivity index (χ0n) is 13.8. The fourth-order valence-corrected chi connectivity index (χ4v) is 3.17. The van der Waals surface area contributed by atoms with Crippen LogP contribution in [0, 0.1) is 0 Å². The lowest BCUT2D eigenvalue weighted by Gasteiger charge is -2.18. The molecule has 0 bridgehead atoms. The van der Waals surface area contributed by atoms with Crippen LogP contribution in [-0.2, 0) is 9.59 Å². The first-order chi connectivity index (χ1) is 11.9. The van der Waals surface area contributed by atoms with Gasteiger partial charge in [0.05, 0.1) is 0 Å². The molecule has 0 aliphatic carbocycles. The summed E-state index contributed by atoms with van der Waals surface area (Å²) >= 11 is 1.22. The smallest absolute Gasteiger partial charge is 0.323 e. The Morgan fingerprint density at radius 1 is 1.28 bits per heavy atom. The lowest BCUT2D eigenvalue weighted by molar-refractivity contribution is -0.133. The summed E-state index contributed by atoms with van der Waals surface area (Å²) in [6, 6.07) is 8.90. The van der Waals surface area contributed by atoms with Crippen LogP contribution in [0.3, 0.4) is 0 Å². The number of carbonyl (C=O) groups excluding carboxylic acids is 3. The van der Waals surface area contributed by atoms with Crippen molar-refractivity contribution >= 4 is 34.3 Å². The van der Waals surface area contributed by atoms with E-state index in [1.807, 2.05) is 30.3 Å². The normalized spacial score (nSPS) is 19.8. The molecule has 1 fully saturated rings. The zero-order chi connectivity index (χ0) is 18.0. The highest BCUT2D eigenvalue weighted by Crippen LogP contribution is 2.26. The minimum atomic E-state index is -0.958. The van der Waals surface area contributed by atoms with E-state index in [0.29, 0.717) is 16.6 Å². The summed E-state index contributed by atoms with van der Waals surface area (Å²) in [5.41, 5.74) is -0.0612. The van der Waals surface area contributed by atoms with Crippen LogP contribution in [0.2, 0.25) is 0 Å².